The minimum atomic E-state index is -1.06. The molecular formula is C61H92N8O19. The number of aromatic carboxylic acids is 4. The quantitative estimate of drug-likeness (QED) is 0.102. The summed E-state index contributed by atoms with van der Waals surface area (Å²) in [7, 11) is 0. The fourth-order valence-corrected chi connectivity index (χ4v) is 8.46. The number of aldehydes is 1. The van der Waals surface area contributed by atoms with E-state index in [0.717, 1.165) is 6.29 Å². The van der Waals surface area contributed by atoms with E-state index in [4.69, 9.17) is 52.2 Å². The molecule has 0 aromatic carbocycles. The minimum Gasteiger partial charge on any atom is -0.477 e. The van der Waals surface area contributed by atoms with Crippen molar-refractivity contribution in [3.8, 4) is 0 Å². The minimum absolute atomic E-state index is 0. The molecule has 27 heteroatoms. The predicted octanol–water partition coefficient (Wildman–Crippen LogP) is 4.17. The van der Waals surface area contributed by atoms with Gasteiger partial charge in [-0.05, 0) is 69.3 Å². The molecule has 6 heterocycles. The lowest BCUT2D eigenvalue weighted by molar-refractivity contribution is -0.106. The molecule has 4 N–H and O–H groups in total. The van der Waals surface area contributed by atoms with Crippen LogP contribution in [-0.2, 0) is 78.3 Å². The van der Waals surface area contributed by atoms with E-state index < -0.39 is 23.9 Å². The second-order valence-corrected chi connectivity index (χ2v) is 19.5. The second-order valence-electron chi connectivity index (χ2n) is 19.5. The maximum Gasteiger partial charge on any atom is 0.354 e. The van der Waals surface area contributed by atoms with E-state index in [2.05, 4.69) is 39.5 Å². The number of carbonyl (C=O) groups is 5. The Morgan fingerprint density at radius 3 is 0.909 bits per heavy atom. The first kappa shape index (κ1) is 75.8. The summed E-state index contributed by atoms with van der Waals surface area (Å²) in [6, 6.07) is 19.9. The maximum absolute atomic E-state index is 11.3. The van der Waals surface area contributed by atoms with Crippen LogP contribution in [0, 0.1) is 0 Å². The number of carbonyl (C=O) groups excluding carboxylic acids is 1. The lowest BCUT2D eigenvalue weighted by atomic mass is 10.3. The normalized spacial score (nSPS) is 18.8. The van der Waals surface area contributed by atoms with Gasteiger partial charge in [0.15, 0.2) is 0 Å². The van der Waals surface area contributed by atoms with Crippen molar-refractivity contribution in [2.24, 2.45) is 0 Å². The van der Waals surface area contributed by atoms with Crippen LogP contribution < -0.4 is 0 Å². The van der Waals surface area contributed by atoms with Gasteiger partial charge in [0.25, 0.3) is 0 Å². The summed E-state index contributed by atoms with van der Waals surface area (Å²) in [5.41, 5.74) is 2.68. The monoisotopic (exact) mass is 1240 g/mol. The highest BCUT2D eigenvalue weighted by Crippen LogP contribution is 2.11. The summed E-state index contributed by atoms with van der Waals surface area (Å²) >= 11 is 0. The Hall–Kier alpha value is -6.41. The van der Waals surface area contributed by atoms with Crippen LogP contribution in [0.2, 0.25) is 0 Å². The highest BCUT2D eigenvalue weighted by molar-refractivity contribution is 5.86. The van der Waals surface area contributed by atoms with Crippen LogP contribution in [-0.4, -0.2) is 274 Å². The van der Waals surface area contributed by atoms with E-state index in [1.807, 2.05) is 26.0 Å². The number of ether oxygens (including phenoxy) is 10. The van der Waals surface area contributed by atoms with E-state index >= 15 is 0 Å². The SMILES string of the molecule is C.CC=O.CCOC[C@H]1COCCN(Cc2cccc(C(=O)O)n2)CCOCCOCCN(Cc2cccc(C(=O)O)n2)CCO1.CCOC[C@H]1COCCN(Cc2cccc(C(=O)O)n2)CCOCCOCCN(Cc2cccc(C(=O)O)n2)CCO1. The van der Waals surface area contributed by atoms with Gasteiger partial charge >= 0.3 is 23.9 Å². The van der Waals surface area contributed by atoms with Crippen LogP contribution in [0.1, 0.15) is 92.9 Å². The first-order valence-electron chi connectivity index (χ1n) is 29.2. The number of nitrogens with zero attached hydrogens (tertiary/aromatic N) is 8. The molecule has 490 valence electrons. The fourth-order valence-electron chi connectivity index (χ4n) is 8.46. The number of hydrogen-bond donors (Lipinski definition) is 4. The molecule has 0 aliphatic carbocycles. The van der Waals surface area contributed by atoms with Crippen LogP contribution in [0.4, 0.5) is 0 Å². The third kappa shape index (κ3) is 33.3. The molecule has 2 fully saturated rings. The molecule has 0 saturated carbocycles. The van der Waals surface area contributed by atoms with Crippen LogP contribution in [0.25, 0.3) is 0 Å². The van der Waals surface area contributed by atoms with Crippen molar-refractivity contribution in [1.82, 2.24) is 39.5 Å². The molecule has 0 unspecified atom stereocenters. The smallest absolute Gasteiger partial charge is 0.354 e. The van der Waals surface area contributed by atoms with Crippen LogP contribution in [0.3, 0.4) is 0 Å². The Balaban J connectivity index is 0.000000436. The van der Waals surface area contributed by atoms with Gasteiger partial charge in [-0.3, -0.25) is 19.6 Å². The average Bonchev–Trinajstić information content (AvgIpc) is 3.72. The zero-order chi connectivity index (χ0) is 62.7. The highest BCUT2D eigenvalue weighted by atomic mass is 16.6. The van der Waals surface area contributed by atoms with Gasteiger partial charge in [-0.25, -0.2) is 39.1 Å². The van der Waals surface area contributed by atoms with Gasteiger partial charge < -0.3 is 72.6 Å². The van der Waals surface area contributed by atoms with Crippen molar-refractivity contribution >= 4 is 30.2 Å². The zero-order valence-corrected chi connectivity index (χ0v) is 50.4. The Morgan fingerprint density at radius 1 is 0.432 bits per heavy atom. The van der Waals surface area contributed by atoms with Gasteiger partial charge in [0.1, 0.15) is 41.3 Å². The Kier molecular flexibility index (Phi) is 40.2. The lowest BCUT2D eigenvalue weighted by Gasteiger charge is -2.25. The summed E-state index contributed by atoms with van der Waals surface area (Å²) in [4.78, 5) is 79.6. The average molecular weight is 1240 g/mol. The number of aromatic nitrogens is 4. The highest BCUT2D eigenvalue weighted by Gasteiger charge is 2.19. The van der Waals surface area contributed by atoms with Gasteiger partial charge in [-0.1, -0.05) is 31.7 Å². The van der Waals surface area contributed by atoms with Gasteiger partial charge in [0.05, 0.1) is 128 Å². The largest absolute Gasteiger partial charge is 0.477 e. The first-order valence-corrected chi connectivity index (χ1v) is 29.2. The summed E-state index contributed by atoms with van der Waals surface area (Å²) in [5, 5.41) is 37.1. The van der Waals surface area contributed by atoms with Crippen molar-refractivity contribution in [2.45, 2.75) is 66.6 Å². The number of hydrogen-bond acceptors (Lipinski definition) is 23. The molecule has 0 bridgehead atoms. The molecule has 0 spiro atoms. The van der Waals surface area contributed by atoms with E-state index in [-0.39, 0.29) is 42.4 Å². The molecular weight excluding hydrogens is 1150 g/mol. The summed E-state index contributed by atoms with van der Waals surface area (Å²) in [6.07, 6.45) is 0.224. The molecule has 4 aromatic heterocycles. The number of carboxylic acid groups (broad SMARTS) is 4. The molecule has 88 heavy (non-hydrogen) atoms. The fraction of sp³-hybridized carbons (Fsp3) is 0.590. The van der Waals surface area contributed by atoms with Crippen molar-refractivity contribution in [3.05, 3.63) is 118 Å². The standard InChI is InChI=1S/2C29H42N4O9.C2H4O.CH4/c2*1-2-38-21-25-22-41-15-11-32(19-23-5-3-7-26(30-23)28(34)35)9-13-39-17-18-40-14-10-33(12-16-42-25)20-24-6-4-8-27(31-24)29(36)37;1-2-3;/h2*3-8,25H,2,9-22H2,1H3,(H,34,35)(H,36,37);2H,1H3;1H4/t2*25-;;/m00../s1. The molecule has 4 aromatic rings. The maximum atomic E-state index is 11.3. The Bertz CT molecular complexity index is 2410. The second kappa shape index (κ2) is 46.7. The molecule has 2 saturated heterocycles. The van der Waals surface area contributed by atoms with Gasteiger partial charge in [-0.15, -0.1) is 0 Å². The topological polar surface area (TPSA) is 323 Å². The summed E-state index contributed by atoms with van der Waals surface area (Å²) in [6.45, 7) is 19.8. The van der Waals surface area contributed by atoms with Crippen molar-refractivity contribution in [3.63, 3.8) is 0 Å². The zero-order valence-electron chi connectivity index (χ0n) is 50.4. The van der Waals surface area contributed by atoms with Gasteiger partial charge in [0, 0.05) is 91.8 Å². The van der Waals surface area contributed by atoms with E-state index in [1.165, 1.54) is 31.2 Å². The van der Waals surface area contributed by atoms with Crippen LogP contribution in [0.15, 0.2) is 72.8 Å². The number of carboxylic acids is 4. The molecule has 2 atom stereocenters. The van der Waals surface area contributed by atoms with Crippen molar-refractivity contribution in [2.75, 3.05) is 171 Å². The molecule has 2 aliphatic heterocycles. The number of rotatable bonds is 18. The third-order valence-corrected chi connectivity index (χ3v) is 12.8. The molecule has 27 nitrogen and oxygen atoms in total. The predicted molar refractivity (Wildman–Crippen MR) is 322 cm³/mol. The third-order valence-electron chi connectivity index (χ3n) is 12.8. The van der Waals surface area contributed by atoms with Crippen molar-refractivity contribution in [1.29, 1.82) is 0 Å². The van der Waals surface area contributed by atoms with E-state index in [1.54, 1.807) is 36.4 Å². The summed E-state index contributed by atoms with van der Waals surface area (Å²) < 4.78 is 58.6. The molecule has 2 aliphatic rings. The molecule has 0 amide bonds. The lowest BCUT2D eigenvalue weighted by Crippen LogP contribution is -2.35. The van der Waals surface area contributed by atoms with Crippen LogP contribution >= 0.6 is 0 Å². The van der Waals surface area contributed by atoms with Gasteiger partial charge in [-0.2, -0.15) is 0 Å². The Labute approximate surface area is 516 Å². The summed E-state index contributed by atoms with van der Waals surface area (Å²) in [5.74, 6) is -4.24. The first-order chi connectivity index (χ1) is 42.3. The van der Waals surface area contributed by atoms with Crippen molar-refractivity contribution < 1.29 is 91.8 Å². The number of pyridine rings is 4. The van der Waals surface area contributed by atoms with Crippen LogP contribution in [0.5, 0.6) is 0 Å². The molecule has 6 rings (SSSR count). The van der Waals surface area contributed by atoms with E-state index in [0.29, 0.717) is 220 Å². The molecule has 0 radical (unpaired) electrons. The van der Waals surface area contributed by atoms with Gasteiger partial charge in [0.2, 0.25) is 0 Å². The van der Waals surface area contributed by atoms with E-state index in [9.17, 15) is 39.6 Å². The Morgan fingerprint density at radius 2 is 0.670 bits per heavy atom.